The maximum Gasteiger partial charge on any atom is 0.231 e. The summed E-state index contributed by atoms with van der Waals surface area (Å²) in [6.45, 7) is 6.79. The molecule has 0 bridgehead atoms. The summed E-state index contributed by atoms with van der Waals surface area (Å²) in [4.78, 5) is 0. The summed E-state index contributed by atoms with van der Waals surface area (Å²) in [6.07, 6.45) is 4.29. The number of rotatable bonds is 6. The van der Waals surface area contributed by atoms with Crippen molar-refractivity contribution in [1.82, 2.24) is 5.32 Å². The van der Waals surface area contributed by atoms with Crippen molar-refractivity contribution >= 4 is 0 Å². The van der Waals surface area contributed by atoms with Crippen LogP contribution in [0.4, 0.5) is 0 Å². The maximum absolute atomic E-state index is 5.88. The van der Waals surface area contributed by atoms with Gasteiger partial charge in [-0.2, -0.15) is 0 Å². The third kappa shape index (κ3) is 2.84. The van der Waals surface area contributed by atoms with Crippen LogP contribution in [0.25, 0.3) is 0 Å². The normalized spacial score (nSPS) is 18.2. The molecule has 4 nitrogen and oxygen atoms in total. The molecule has 1 aliphatic heterocycles. The Kier molecular flexibility index (Phi) is 3.34. The van der Waals surface area contributed by atoms with E-state index in [1.807, 2.05) is 19.1 Å². The number of nitrogens with one attached hydrogen (secondary N) is 1. The molecule has 0 saturated heterocycles. The van der Waals surface area contributed by atoms with E-state index in [1.54, 1.807) is 6.08 Å². The highest BCUT2D eigenvalue weighted by atomic mass is 16.7. The van der Waals surface area contributed by atoms with Crippen LogP contribution in [-0.2, 0) is 6.54 Å². The first-order valence-corrected chi connectivity index (χ1v) is 6.71. The fourth-order valence-electron chi connectivity index (χ4n) is 2.00. The molecule has 0 spiro atoms. The third-order valence-electron chi connectivity index (χ3n) is 3.36. The van der Waals surface area contributed by atoms with Crippen LogP contribution in [0.3, 0.4) is 0 Å². The van der Waals surface area contributed by atoms with E-state index in [-0.39, 0.29) is 12.9 Å². The van der Waals surface area contributed by atoms with Crippen LogP contribution in [0.5, 0.6) is 17.2 Å². The average Bonchev–Trinajstić information content (AvgIpc) is 3.14. The van der Waals surface area contributed by atoms with Crippen molar-refractivity contribution < 1.29 is 14.2 Å². The average molecular weight is 261 g/mol. The minimum Gasteiger partial charge on any atom is -0.486 e. The molecule has 3 rings (SSSR count). The second-order valence-corrected chi connectivity index (χ2v) is 5.03. The fraction of sp³-hybridized carbons (Fsp3) is 0.467. The highest BCUT2D eigenvalue weighted by Gasteiger charge is 2.23. The van der Waals surface area contributed by atoms with Crippen molar-refractivity contribution in [2.75, 3.05) is 6.79 Å². The van der Waals surface area contributed by atoms with Crippen molar-refractivity contribution in [1.29, 1.82) is 0 Å². The van der Waals surface area contributed by atoms with Gasteiger partial charge in [-0.25, -0.2) is 0 Å². The molecule has 0 radical (unpaired) electrons. The number of hydrogen-bond donors (Lipinski definition) is 1. The molecule has 0 amide bonds. The Bertz CT molecular complexity index is 483. The van der Waals surface area contributed by atoms with Crippen LogP contribution in [0.15, 0.2) is 24.8 Å². The number of ether oxygens (including phenoxy) is 3. The van der Waals surface area contributed by atoms with E-state index in [2.05, 4.69) is 11.9 Å². The quantitative estimate of drug-likeness (QED) is 0.799. The molecule has 1 atom stereocenters. The summed E-state index contributed by atoms with van der Waals surface area (Å²) >= 11 is 0. The summed E-state index contributed by atoms with van der Waals surface area (Å²) in [7, 11) is 0. The summed E-state index contributed by atoms with van der Waals surface area (Å²) in [6, 6.07) is 4.57. The highest BCUT2D eigenvalue weighted by molar-refractivity contribution is 5.52. The lowest BCUT2D eigenvalue weighted by atomic mass is 10.1. The van der Waals surface area contributed by atoms with Gasteiger partial charge in [0.05, 0.1) is 0 Å². The molecular weight excluding hydrogens is 242 g/mol. The van der Waals surface area contributed by atoms with Gasteiger partial charge in [0.1, 0.15) is 11.9 Å². The third-order valence-corrected chi connectivity index (χ3v) is 3.36. The Morgan fingerprint density at radius 2 is 2.16 bits per heavy atom. The number of benzene rings is 1. The minimum atomic E-state index is -0.0277. The van der Waals surface area contributed by atoms with Gasteiger partial charge in [0.25, 0.3) is 0 Å². The molecule has 0 aromatic heterocycles. The molecule has 1 saturated carbocycles. The van der Waals surface area contributed by atoms with Crippen molar-refractivity contribution in [3.05, 3.63) is 30.4 Å². The zero-order valence-corrected chi connectivity index (χ0v) is 11.1. The molecule has 1 N–H and O–H groups in total. The van der Waals surface area contributed by atoms with E-state index in [0.717, 1.165) is 29.4 Å². The van der Waals surface area contributed by atoms with Crippen LogP contribution in [0.1, 0.15) is 25.3 Å². The van der Waals surface area contributed by atoms with Gasteiger partial charge in [0, 0.05) is 24.2 Å². The van der Waals surface area contributed by atoms with Crippen LogP contribution in [0, 0.1) is 0 Å². The monoisotopic (exact) mass is 261 g/mol. The molecule has 1 fully saturated rings. The first kappa shape index (κ1) is 12.4. The van der Waals surface area contributed by atoms with E-state index in [0.29, 0.717) is 6.04 Å². The van der Waals surface area contributed by atoms with Crippen LogP contribution < -0.4 is 19.5 Å². The first-order valence-electron chi connectivity index (χ1n) is 6.71. The largest absolute Gasteiger partial charge is 0.486 e. The molecule has 1 aliphatic carbocycles. The van der Waals surface area contributed by atoms with E-state index in [9.17, 15) is 0 Å². The Morgan fingerprint density at radius 1 is 1.42 bits per heavy atom. The predicted octanol–water partition coefficient (Wildman–Crippen LogP) is 2.62. The molecule has 2 aliphatic rings. The van der Waals surface area contributed by atoms with Gasteiger partial charge in [-0.05, 0) is 25.8 Å². The number of fused-ring (bicyclic) bond motifs is 1. The van der Waals surface area contributed by atoms with Gasteiger partial charge in [0.15, 0.2) is 11.5 Å². The zero-order valence-electron chi connectivity index (χ0n) is 11.1. The lowest BCUT2D eigenvalue weighted by Crippen LogP contribution is -2.17. The summed E-state index contributed by atoms with van der Waals surface area (Å²) in [5.74, 6) is 2.39. The van der Waals surface area contributed by atoms with E-state index < -0.39 is 0 Å². The second-order valence-electron chi connectivity index (χ2n) is 5.03. The summed E-state index contributed by atoms with van der Waals surface area (Å²) < 4.78 is 16.7. The Hall–Kier alpha value is -1.68. The van der Waals surface area contributed by atoms with Gasteiger partial charge in [0.2, 0.25) is 6.79 Å². The van der Waals surface area contributed by atoms with E-state index >= 15 is 0 Å². The summed E-state index contributed by atoms with van der Waals surface area (Å²) in [5.41, 5.74) is 1.10. The Balaban J connectivity index is 1.82. The lowest BCUT2D eigenvalue weighted by Gasteiger charge is -2.16. The smallest absolute Gasteiger partial charge is 0.231 e. The molecular formula is C15H19NO3. The first-order chi connectivity index (χ1) is 9.26. The van der Waals surface area contributed by atoms with Crippen LogP contribution in [-0.4, -0.2) is 18.9 Å². The SMILES string of the molecule is C=CC(C)Oc1cc2c(cc1CNC1CC1)OCO2. The highest BCUT2D eigenvalue weighted by Crippen LogP contribution is 2.38. The van der Waals surface area contributed by atoms with Crippen molar-refractivity contribution in [3.8, 4) is 17.2 Å². The van der Waals surface area contributed by atoms with Crippen LogP contribution in [0.2, 0.25) is 0 Å². The minimum absolute atomic E-state index is 0.0277. The van der Waals surface area contributed by atoms with Gasteiger partial charge in [-0.1, -0.05) is 12.7 Å². The lowest BCUT2D eigenvalue weighted by molar-refractivity contribution is 0.173. The molecule has 1 unspecified atom stereocenters. The maximum atomic E-state index is 5.88. The van der Waals surface area contributed by atoms with Crippen LogP contribution >= 0.6 is 0 Å². The number of hydrogen-bond acceptors (Lipinski definition) is 4. The van der Waals surface area contributed by atoms with Crippen molar-refractivity contribution in [2.45, 2.75) is 38.5 Å². The topological polar surface area (TPSA) is 39.7 Å². The second kappa shape index (κ2) is 5.13. The van der Waals surface area contributed by atoms with Gasteiger partial charge >= 0.3 is 0 Å². The Morgan fingerprint density at radius 3 is 2.84 bits per heavy atom. The predicted molar refractivity (Wildman–Crippen MR) is 72.7 cm³/mol. The zero-order chi connectivity index (χ0) is 13.2. The van der Waals surface area contributed by atoms with Gasteiger partial charge < -0.3 is 19.5 Å². The van der Waals surface area contributed by atoms with Crippen molar-refractivity contribution in [2.24, 2.45) is 0 Å². The molecule has 102 valence electrons. The standard InChI is InChI=1S/C15H19NO3/c1-3-10(2)19-13-7-15-14(17-9-18-15)6-11(13)8-16-12-4-5-12/h3,6-7,10,12,16H,1,4-5,8-9H2,2H3. The van der Waals surface area contributed by atoms with Gasteiger partial charge in [-0.15, -0.1) is 0 Å². The molecule has 4 heteroatoms. The Labute approximate surface area is 113 Å². The van der Waals surface area contributed by atoms with E-state index in [1.165, 1.54) is 12.8 Å². The molecule has 1 heterocycles. The molecule has 19 heavy (non-hydrogen) atoms. The molecule has 1 aromatic carbocycles. The molecule has 1 aromatic rings. The summed E-state index contributed by atoms with van der Waals surface area (Å²) in [5, 5.41) is 3.49. The van der Waals surface area contributed by atoms with Crippen molar-refractivity contribution in [3.63, 3.8) is 0 Å². The van der Waals surface area contributed by atoms with Gasteiger partial charge in [-0.3, -0.25) is 0 Å². The van der Waals surface area contributed by atoms with E-state index in [4.69, 9.17) is 14.2 Å². The fourth-order valence-corrected chi connectivity index (χ4v) is 2.00.